The molecule has 0 radical (unpaired) electrons. The molecule has 112 valence electrons. The van der Waals surface area contributed by atoms with Gasteiger partial charge < -0.3 is 9.32 Å². The van der Waals surface area contributed by atoms with Gasteiger partial charge in [0.15, 0.2) is 0 Å². The quantitative estimate of drug-likeness (QED) is 0.866. The summed E-state index contributed by atoms with van der Waals surface area (Å²) in [5.74, 6) is 0.823. The Bertz CT molecular complexity index is 715. The van der Waals surface area contributed by atoms with E-state index in [-0.39, 0.29) is 5.63 Å². The minimum absolute atomic E-state index is 0.274. The predicted octanol–water partition coefficient (Wildman–Crippen LogP) is 2.57. The molecule has 0 saturated carbocycles. The number of hydrogen-bond donors (Lipinski definition) is 1. The highest BCUT2D eigenvalue weighted by molar-refractivity contribution is 6.32. The van der Waals surface area contributed by atoms with E-state index in [1.807, 2.05) is 19.1 Å². The summed E-state index contributed by atoms with van der Waals surface area (Å²) in [6.45, 7) is 7.44. The van der Waals surface area contributed by atoms with E-state index in [1.54, 1.807) is 6.07 Å². The van der Waals surface area contributed by atoms with Gasteiger partial charge in [0.05, 0.1) is 13.1 Å². The van der Waals surface area contributed by atoms with Gasteiger partial charge in [0.25, 0.3) is 0 Å². The SMILES string of the molecule is Cc1cc2oc(=O)cc(C[NH+]3CCC(C)CC3)c2cc1Cl. The van der Waals surface area contributed by atoms with Crippen molar-refractivity contribution in [1.29, 1.82) is 0 Å². The number of benzene rings is 1. The molecular weight excluding hydrogens is 286 g/mol. The summed E-state index contributed by atoms with van der Waals surface area (Å²) in [4.78, 5) is 13.3. The van der Waals surface area contributed by atoms with Crippen molar-refractivity contribution >= 4 is 22.6 Å². The normalized spacial score (nSPS) is 22.6. The molecule has 21 heavy (non-hydrogen) atoms. The van der Waals surface area contributed by atoms with E-state index in [9.17, 15) is 4.79 Å². The molecule has 3 rings (SSSR count). The third-order valence-corrected chi connectivity index (χ3v) is 4.94. The molecule has 1 fully saturated rings. The fourth-order valence-electron chi connectivity index (χ4n) is 3.11. The third-order valence-electron chi connectivity index (χ3n) is 4.53. The summed E-state index contributed by atoms with van der Waals surface area (Å²) in [6.07, 6.45) is 2.52. The number of nitrogens with one attached hydrogen (secondary N) is 1. The van der Waals surface area contributed by atoms with Crippen LogP contribution in [0.3, 0.4) is 0 Å². The average molecular weight is 307 g/mol. The summed E-state index contributed by atoms with van der Waals surface area (Å²) in [5.41, 5.74) is 2.35. The minimum atomic E-state index is -0.274. The molecule has 0 unspecified atom stereocenters. The van der Waals surface area contributed by atoms with Gasteiger partial charge in [-0.3, -0.25) is 0 Å². The summed E-state index contributed by atoms with van der Waals surface area (Å²) in [5, 5.41) is 1.69. The molecule has 0 bridgehead atoms. The second-order valence-corrected chi connectivity index (χ2v) is 6.70. The fraction of sp³-hybridized carbons (Fsp3) is 0.471. The smallest absolute Gasteiger partial charge is 0.336 e. The van der Waals surface area contributed by atoms with Crippen LogP contribution in [0.5, 0.6) is 0 Å². The van der Waals surface area contributed by atoms with Crippen molar-refractivity contribution in [2.24, 2.45) is 5.92 Å². The van der Waals surface area contributed by atoms with Crippen LogP contribution in [0.1, 0.15) is 30.9 Å². The molecule has 4 heteroatoms. The van der Waals surface area contributed by atoms with Gasteiger partial charge in [0, 0.05) is 22.0 Å². The molecule has 3 nitrogen and oxygen atoms in total. The molecule has 1 aromatic carbocycles. The van der Waals surface area contributed by atoms with E-state index in [0.29, 0.717) is 5.58 Å². The summed E-state index contributed by atoms with van der Waals surface area (Å²) >= 11 is 6.23. The van der Waals surface area contributed by atoms with Gasteiger partial charge >= 0.3 is 5.63 Å². The number of likely N-dealkylation sites (tertiary alicyclic amines) is 1. The highest BCUT2D eigenvalue weighted by Crippen LogP contribution is 2.25. The first-order valence-electron chi connectivity index (χ1n) is 7.59. The largest absolute Gasteiger partial charge is 0.423 e. The first-order chi connectivity index (χ1) is 10.0. The van der Waals surface area contributed by atoms with Gasteiger partial charge in [0.2, 0.25) is 0 Å². The Morgan fingerprint density at radius 1 is 1.29 bits per heavy atom. The number of rotatable bonds is 2. The number of aryl methyl sites for hydroxylation is 1. The van der Waals surface area contributed by atoms with Crippen LogP contribution < -0.4 is 10.5 Å². The van der Waals surface area contributed by atoms with Crippen molar-refractivity contribution < 1.29 is 9.32 Å². The van der Waals surface area contributed by atoms with Gasteiger partial charge in [-0.25, -0.2) is 4.79 Å². The van der Waals surface area contributed by atoms with Crippen molar-refractivity contribution in [3.63, 3.8) is 0 Å². The number of piperidine rings is 1. The highest BCUT2D eigenvalue weighted by Gasteiger charge is 2.20. The lowest BCUT2D eigenvalue weighted by Crippen LogP contribution is -3.11. The molecule has 0 aliphatic carbocycles. The van der Waals surface area contributed by atoms with E-state index in [4.69, 9.17) is 16.0 Å². The van der Waals surface area contributed by atoms with E-state index in [2.05, 4.69) is 6.92 Å². The van der Waals surface area contributed by atoms with Crippen LogP contribution in [0.2, 0.25) is 5.02 Å². The predicted molar refractivity (Wildman–Crippen MR) is 85.0 cm³/mol. The van der Waals surface area contributed by atoms with Crippen molar-refractivity contribution in [2.45, 2.75) is 33.2 Å². The van der Waals surface area contributed by atoms with Crippen LogP contribution in [0.25, 0.3) is 11.0 Å². The first-order valence-corrected chi connectivity index (χ1v) is 7.97. The third kappa shape index (κ3) is 3.14. The van der Waals surface area contributed by atoms with Crippen molar-refractivity contribution in [3.8, 4) is 0 Å². The minimum Gasteiger partial charge on any atom is -0.423 e. The lowest BCUT2D eigenvalue weighted by atomic mass is 9.98. The molecule has 2 aromatic rings. The maximum atomic E-state index is 11.8. The topological polar surface area (TPSA) is 34.6 Å². The van der Waals surface area contributed by atoms with Crippen molar-refractivity contribution in [2.75, 3.05) is 13.1 Å². The van der Waals surface area contributed by atoms with E-state index < -0.39 is 0 Å². The summed E-state index contributed by atoms with van der Waals surface area (Å²) in [6, 6.07) is 5.41. The highest BCUT2D eigenvalue weighted by atomic mass is 35.5. The standard InChI is InChI=1S/C17H20ClNO2/c1-11-3-5-19(6-4-11)10-13-8-17(20)21-16-7-12(2)15(18)9-14(13)16/h7-9,11H,3-6,10H2,1-2H3/p+1. The monoisotopic (exact) mass is 306 g/mol. The van der Waals surface area contributed by atoms with Crippen molar-refractivity contribution in [3.05, 3.63) is 44.8 Å². The zero-order valence-corrected chi connectivity index (χ0v) is 13.3. The van der Waals surface area contributed by atoms with Crippen LogP contribution in [-0.2, 0) is 6.54 Å². The Labute approximate surface area is 129 Å². The first kappa shape index (κ1) is 14.6. The number of hydrogen-bond acceptors (Lipinski definition) is 2. The Morgan fingerprint density at radius 2 is 2.00 bits per heavy atom. The number of fused-ring (bicyclic) bond motifs is 1. The summed E-state index contributed by atoms with van der Waals surface area (Å²) in [7, 11) is 0. The van der Waals surface area contributed by atoms with Gasteiger partial charge in [-0.15, -0.1) is 0 Å². The zero-order chi connectivity index (χ0) is 15.0. The molecule has 1 saturated heterocycles. The lowest BCUT2D eigenvalue weighted by molar-refractivity contribution is -0.919. The van der Waals surface area contributed by atoms with E-state index in [1.165, 1.54) is 30.8 Å². The van der Waals surface area contributed by atoms with E-state index in [0.717, 1.165) is 34.0 Å². The molecule has 1 N–H and O–H groups in total. The number of halogens is 1. The van der Waals surface area contributed by atoms with Gasteiger partial charge in [-0.2, -0.15) is 0 Å². The molecule has 2 heterocycles. The lowest BCUT2D eigenvalue weighted by Gasteiger charge is -2.27. The second kappa shape index (κ2) is 5.82. The molecule has 1 aliphatic rings. The fourth-order valence-corrected chi connectivity index (χ4v) is 3.27. The average Bonchev–Trinajstić information content (AvgIpc) is 2.43. The molecule has 1 aliphatic heterocycles. The second-order valence-electron chi connectivity index (χ2n) is 6.30. The molecule has 0 amide bonds. The van der Waals surface area contributed by atoms with Crippen molar-refractivity contribution in [1.82, 2.24) is 0 Å². The maximum Gasteiger partial charge on any atom is 0.336 e. The maximum absolute atomic E-state index is 11.8. The zero-order valence-electron chi connectivity index (χ0n) is 12.5. The van der Waals surface area contributed by atoms with E-state index >= 15 is 0 Å². The van der Waals surface area contributed by atoms with Crippen LogP contribution in [-0.4, -0.2) is 13.1 Å². The Morgan fingerprint density at radius 3 is 2.71 bits per heavy atom. The number of quaternary nitrogens is 1. The van der Waals surface area contributed by atoms with Gasteiger partial charge in [-0.05, 0) is 43.4 Å². The Hall–Kier alpha value is -1.32. The van der Waals surface area contributed by atoms with Crippen LogP contribution >= 0.6 is 11.6 Å². The van der Waals surface area contributed by atoms with Crippen LogP contribution in [0.15, 0.2) is 27.4 Å². The van der Waals surface area contributed by atoms with Crippen LogP contribution in [0.4, 0.5) is 0 Å². The molecular formula is C17H21ClNO2+. The van der Waals surface area contributed by atoms with Crippen LogP contribution in [0, 0.1) is 12.8 Å². The molecule has 0 atom stereocenters. The molecule has 1 aromatic heterocycles. The van der Waals surface area contributed by atoms with Gasteiger partial charge in [-0.1, -0.05) is 18.5 Å². The Balaban J connectivity index is 1.97. The Kier molecular flexibility index (Phi) is 4.05. The van der Waals surface area contributed by atoms with Gasteiger partial charge in [0.1, 0.15) is 12.1 Å². The summed E-state index contributed by atoms with van der Waals surface area (Å²) < 4.78 is 5.32. The molecule has 0 spiro atoms.